The number of carbonyl (C=O) groups excluding carboxylic acids is 2. The van der Waals surface area contributed by atoms with Gasteiger partial charge in [0, 0.05) is 17.5 Å². The van der Waals surface area contributed by atoms with Crippen LogP contribution in [0.25, 0.3) is 11.1 Å². The molecule has 0 saturated carbocycles. The number of aliphatic imine (C=N–C) groups is 1. The lowest BCUT2D eigenvalue weighted by Crippen LogP contribution is -2.13. The molecular weight excluding hydrogens is 338 g/mol. The maximum absolute atomic E-state index is 12.4. The van der Waals surface area contributed by atoms with Crippen LogP contribution in [0.4, 0.5) is 11.4 Å². The fraction of sp³-hybridized carbons (Fsp3) is 0.0455. The Morgan fingerprint density at radius 3 is 2.56 bits per heavy atom. The van der Waals surface area contributed by atoms with Gasteiger partial charge in [-0.25, -0.2) is 0 Å². The number of nitrogens with one attached hydrogen (secondary N) is 1. The summed E-state index contributed by atoms with van der Waals surface area (Å²) in [4.78, 5) is 28.1. The highest BCUT2D eigenvalue weighted by Gasteiger charge is 2.29. The molecule has 4 rings (SSSR count). The first-order valence-corrected chi connectivity index (χ1v) is 8.56. The number of fused-ring (bicyclic) bond motifs is 1. The van der Waals surface area contributed by atoms with Gasteiger partial charge in [-0.15, -0.1) is 0 Å². The molecule has 3 aromatic rings. The van der Waals surface area contributed by atoms with Crippen LogP contribution in [-0.2, 0) is 4.79 Å². The topological polar surface area (TPSA) is 84.6 Å². The number of rotatable bonds is 4. The zero-order valence-corrected chi connectivity index (χ0v) is 14.4. The first-order chi connectivity index (χ1) is 13.1. The standard InChI is InChI=1S/C22H17N3O2/c23-21(26)16-7-4-8-17(11-16)24-13-19-18-10-9-15(12-20(18)25-22(19)27)14-5-2-1-3-6-14/h1-13,19H,(H2,23,26)(H,25,27). The Bertz CT molecular complexity index is 1060. The summed E-state index contributed by atoms with van der Waals surface area (Å²) in [5.74, 6) is -1.10. The van der Waals surface area contributed by atoms with E-state index in [-0.39, 0.29) is 5.91 Å². The van der Waals surface area contributed by atoms with E-state index in [1.54, 1.807) is 30.5 Å². The van der Waals surface area contributed by atoms with Gasteiger partial charge in [-0.1, -0.05) is 48.5 Å². The number of primary amides is 1. The summed E-state index contributed by atoms with van der Waals surface area (Å²) in [6, 6.07) is 22.6. The third kappa shape index (κ3) is 3.35. The maximum Gasteiger partial charge on any atom is 0.248 e. The second-order valence-electron chi connectivity index (χ2n) is 6.33. The van der Waals surface area contributed by atoms with Gasteiger partial charge in [0.15, 0.2) is 0 Å². The van der Waals surface area contributed by atoms with Crippen LogP contribution in [0.1, 0.15) is 21.8 Å². The van der Waals surface area contributed by atoms with Crippen molar-refractivity contribution < 1.29 is 9.59 Å². The Morgan fingerprint density at radius 1 is 0.963 bits per heavy atom. The predicted octanol–water partition coefficient (Wildman–Crippen LogP) is 3.89. The van der Waals surface area contributed by atoms with E-state index in [1.165, 1.54) is 0 Å². The molecule has 27 heavy (non-hydrogen) atoms. The average molecular weight is 355 g/mol. The number of anilines is 1. The first-order valence-electron chi connectivity index (χ1n) is 8.56. The largest absolute Gasteiger partial charge is 0.366 e. The van der Waals surface area contributed by atoms with Crippen molar-refractivity contribution in [3.05, 3.63) is 83.9 Å². The molecular formula is C22H17N3O2. The fourth-order valence-electron chi connectivity index (χ4n) is 3.15. The number of hydrogen-bond donors (Lipinski definition) is 2. The number of hydrogen-bond acceptors (Lipinski definition) is 3. The quantitative estimate of drug-likeness (QED) is 0.696. The Morgan fingerprint density at radius 2 is 1.78 bits per heavy atom. The Hall–Kier alpha value is -3.73. The average Bonchev–Trinajstić information content (AvgIpc) is 3.01. The molecule has 1 aliphatic rings. The number of nitrogens with two attached hydrogens (primary N) is 1. The van der Waals surface area contributed by atoms with Crippen molar-refractivity contribution in [3.8, 4) is 11.1 Å². The smallest absolute Gasteiger partial charge is 0.248 e. The van der Waals surface area contributed by atoms with E-state index in [0.717, 1.165) is 22.4 Å². The number of nitrogens with zero attached hydrogens (tertiary/aromatic N) is 1. The minimum Gasteiger partial charge on any atom is -0.366 e. The molecule has 0 aromatic heterocycles. The van der Waals surface area contributed by atoms with E-state index < -0.39 is 11.8 Å². The molecule has 0 aliphatic carbocycles. The molecule has 132 valence electrons. The van der Waals surface area contributed by atoms with Gasteiger partial charge in [0.2, 0.25) is 11.8 Å². The summed E-state index contributed by atoms with van der Waals surface area (Å²) < 4.78 is 0. The third-order valence-electron chi connectivity index (χ3n) is 4.54. The zero-order chi connectivity index (χ0) is 18.8. The van der Waals surface area contributed by atoms with Crippen LogP contribution >= 0.6 is 0 Å². The monoisotopic (exact) mass is 355 g/mol. The van der Waals surface area contributed by atoms with Gasteiger partial charge in [-0.05, 0) is 41.0 Å². The molecule has 3 N–H and O–H groups in total. The second kappa shape index (κ2) is 6.88. The zero-order valence-electron chi connectivity index (χ0n) is 14.4. The molecule has 3 aromatic carbocycles. The highest BCUT2D eigenvalue weighted by molar-refractivity contribution is 6.13. The van der Waals surface area contributed by atoms with Crippen LogP contribution < -0.4 is 11.1 Å². The summed E-state index contributed by atoms with van der Waals surface area (Å²) in [7, 11) is 0. The minimum absolute atomic E-state index is 0.120. The van der Waals surface area contributed by atoms with E-state index in [2.05, 4.69) is 10.3 Å². The molecule has 1 unspecified atom stereocenters. The van der Waals surface area contributed by atoms with Crippen molar-refractivity contribution in [2.45, 2.75) is 5.92 Å². The fourth-order valence-corrected chi connectivity index (χ4v) is 3.15. The van der Waals surface area contributed by atoms with E-state index in [1.807, 2.05) is 48.5 Å². The van der Waals surface area contributed by atoms with Crippen LogP contribution in [0.15, 0.2) is 77.8 Å². The highest BCUT2D eigenvalue weighted by Crippen LogP contribution is 2.35. The van der Waals surface area contributed by atoms with Crippen LogP contribution in [-0.4, -0.2) is 18.0 Å². The summed E-state index contributed by atoms with van der Waals surface area (Å²) in [6.45, 7) is 0. The Kier molecular flexibility index (Phi) is 4.26. The van der Waals surface area contributed by atoms with Crippen molar-refractivity contribution in [1.29, 1.82) is 0 Å². The van der Waals surface area contributed by atoms with Crippen molar-refractivity contribution in [1.82, 2.24) is 0 Å². The van der Waals surface area contributed by atoms with Crippen LogP contribution in [0.3, 0.4) is 0 Å². The molecule has 0 bridgehead atoms. The minimum atomic E-state index is -0.510. The maximum atomic E-state index is 12.4. The number of amides is 2. The molecule has 1 aliphatic heterocycles. The lowest BCUT2D eigenvalue weighted by molar-refractivity contribution is -0.115. The van der Waals surface area contributed by atoms with E-state index >= 15 is 0 Å². The van der Waals surface area contributed by atoms with Gasteiger partial charge in [0.05, 0.1) is 5.69 Å². The summed E-state index contributed by atoms with van der Waals surface area (Å²) in [5, 5.41) is 2.92. The molecule has 0 saturated heterocycles. The highest BCUT2D eigenvalue weighted by atomic mass is 16.2. The van der Waals surface area contributed by atoms with E-state index in [4.69, 9.17) is 5.73 Å². The molecule has 2 amide bonds. The lowest BCUT2D eigenvalue weighted by atomic mass is 9.98. The molecule has 0 fully saturated rings. The lowest BCUT2D eigenvalue weighted by Gasteiger charge is -2.06. The Labute approximate surface area is 156 Å². The summed E-state index contributed by atoms with van der Waals surface area (Å²) in [5.41, 5.74) is 10.1. The van der Waals surface area contributed by atoms with Gasteiger partial charge in [0.25, 0.3) is 0 Å². The van der Waals surface area contributed by atoms with E-state index in [0.29, 0.717) is 11.3 Å². The SMILES string of the molecule is NC(=O)c1cccc(N=CC2C(=O)Nc3cc(-c4ccccc4)ccc32)c1. The molecule has 0 radical (unpaired) electrons. The van der Waals surface area contributed by atoms with Gasteiger partial charge in [-0.3, -0.25) is 14.6 Å². The first kappa shape index (κ1) is 16.7. The van der Waals surface area contributed by atoms with Crippen molar-refractivity contribution in [3.63, 3.8) is 0 Å². The molecule has 0 spiro atoms. The van der Waals surface area contributed by atoms with Crippen molar-refractivity contribution in [2.75, 3.05) is 5.32 Å². The van der Waals surface area contributed by atoms with Gasteiger partial charge in [-0.2, -0.15) is 0 Å². The molecule has 1 atom stereocenters. The number of carbonyl (C=O) groups is 2. The van der Waals surface area contributed by atoms with E-state index in [9.17, 15) is 9.59 Å². The van der Waals surface area contributed by atoms with Crippen LogP contribution in [0, 0.1) is 0 Å². The molecule has 5 nitrogen and oxygen atoms in total. The van der Waals surface area contributed by atoms with Crippen molar-refractivity contribution >= 4 is 29.4 Å². The van der Waals surface area contributed by atoms with Gasteiger partial charge < -0.3 is 11.1 Å². The molecule has 1 heterocycles. The van der Waals surface area contributed by atoms with Crippen LogP contribution in [0.5, 0.6) is 0 Å². The normalized spacial score (nSPS) is 15.6. The van der Waals surface area contributed by atoms with Crippen molar-refractivity contribution in [2.24, 2.45) is 10.7 Å². The predicted molar refractivity (Wildman–Crippen MR) is 106 cm³/mol. The Balaban J connectivity index is 1.62. The van der Waals surface area contributed by atoms with Gasteiger partial charge in [0.1, 0.15) is 5.92 Å². The van der Waals surface area contributed by atoms with Crippen LogP contribution in [0.2, 0.25) is 0 Å². The van der Waals surface area contributed by atoms with Gasteiger partial charge >= 0.3 is 0 Å². The second-order valence-corrected chi connectivity index (χ2v) is 6.33. The molecule has 5 heteroatoms. The third-order valence-corrected chi connectivity index (χ3v) is 4.54. The summed E-state index contributed by atoms with van der Waals surface area (Å²) in [6.07, 6.45) is 1.60. The summed E-state index contributed by atoms with van der Waals surface area (Å²) >= 11 is 0. The number of benzene rings is 3.